The molecule has 2 aromatic rings. The number of hydrogen-bond acceptors (Lipinski definition) is 5. The van der Waals surface area contributed by atoms with E-state index in [9.17, 15) is 4.79 Å². The van der Waals surface area contributed by atoms with Crippen molar-refractivity contribution in [1.82, 2.24) is 14.9 Å². The Morgan fingerprint density at radius 1 is 1.20 bits per heavy atom. The molecule has 1 saturated heterocycles. The molecule has 2 N–H and O–H groups in total. The van der Waals surface area contributed by atoms with E-state index in [1.54, 1.807) is 20.3 Å². The van der Waals surface area contributed by atoms with E-state index in [2.05, 4.69) is 10.3 Å². The number of aromatic nitrogens is 2. The van der Waals surface area contributed by atoms with Crippen LogP contribution in [-0.4, -0.2) is 36.9 Å². The van der Waals surface area contributed by atoms with Crippen molar-refractivity contribution >= 4 is 12.2 Å². The average molecular weight is 361 g/mol. The molecule has 0 bridgehead atoms. The minimum absolute atomic E-state index is 0.209. The SMILES string of the molecule is COc1ccc(-c2cc(=O)[nH]c(=S)n2CC2CCNCC2)c(OC)c1. The Bertz CT molecular complexity index is 853. The molecule has 0 aliphatic carbocycles. The summed E-state index contributed by atoms with van der Waals surface area (Å²) in [5.74, 6) is 1.88. The standard InChI is InChI=1S/C18H23N3O3S/c1-23-13-3-4-14(16(9-13)24-2)15-10-17(22)20-18(25)21(15)11-12-5-7-19-8-6-12/h3-4,9-10,12,19H,5-8,11H2,1-2H3,(H,20,22,25). The predicted octanol–water partition coefficient (Wildman–Crippen LogP) is 2.59. The molecule has 7 heteroatoms. The summed E-state index contributed by atoms with van der Waals surface area (Å²) in [7, 11) is 3.22. The van der Waals surface area contributed by atoms with Gasteiger partial charge in [0.15, 0.2) is 4.77 Å². The van der Waals surface area contributed by atoms with Crippen molar-refractivity contribution in [1.29, 1.82) is 0 Å². The topological polar surface area (TPSA) is 68.3 Å². The molecule has 1 fully saturated rings. The van der Waals surface area contributed by atoms with Gasteiger partial charge in [-0.05, 0) is 56.2 Å². The minimum Gasteiger partial charge on any atom is -0.497 e. The highest BCUT2D eigenvalue weighted by atomic mass is 32.1. The Balaban J connectivity index is 2.09. The Labute approximate surface area is 151 Å². The minimum atomic E-state index is -0.209. The molecule has 0 atom stereocenters. The lowest BCUT2D eigenvalue weighted by atomic mass is 9.97. The largest absolute Gasteiger partial charge is 0.497 e. The van der Waals surface area contributed by atoms with Crippen LogP contribution in [0.25, 0.3) is 11.3 Å². The van der Waals surface area contributed by atoms with Crippen molar-refractivity contribution in [2.75, 3.05) is 27.3 Å². The molecule has 1 aromatic heterocycles. The van der Waals surface area contributed by atoms with Gasteiger partial charge in [0.25, 0.3) is 5.56 Å². The molecule has 1 aromatic carbocycles. The zero-order valence-corrected chi connectivity index (χ0v) is 15.3. The van der Waals surface area contributed by atoms with E-state index in [1.165, 1.54) is 0 Å². The fraction of sp³-hybridized carbons (Fsp3) is 0.444. The Morgan fingerprint density at radius 2 is 1.96 bits per heavy atom. The van der Waals surface area contributed by atoms with E-state index in [-0.39, 0.29) is 5.56 Å². The lowest BCUT2D eigenvalue weighted by molar-refractivity contribution is 0.331. The van der Waals surface area contributed by atoms with Gasteiger partial charge in [-0.25, -0.2) is 0 Å². The van der Waals surface area contributed by atoms with Gasteiger partial charge in [0.2, 0.25) is 0 Å². The molecule has 134 valence electrons. The Kier molecular flexibility index (Phi) is 5.55. The first kappa shape index (κ1) is 17.7. The van der Waals surface area contributed by atoms with E-state index < -0.39 is 0 Å². The second-order valence-electron chi connectivity index (χ2n) is 6.19. The fourth-order valence-electron chi connectivity index (χ4n) is 3.26. The van der Waals surface area contributed by atoms with Gasteiger partial charge in [0.05, 0.1) is 19.9 Å². The van der Waals surface area contributed by atoms with E-state index in [4.69, 9.17) is 21.7 Å². The van der Waals surface area contributed by atoms with Crippen LogP contribution in [-0.2, 0) is 6.54 Å². The number of nitrogens with one attached hydrogen (secondary N) is 2. The van der Waals surface area contributed by atoms with Crippen molar-refractivity contribution in [2.24, 2.45) is 5.92 Å². The maximum atomic E-state index is 12.0. The van der Waals surface area contributed by atoms with Crippen LogP contribution in [0.1, 0.15) is 12.8 Å². The maximum absolute atomic E-state index is 12.0. The number of benzene rings is 1. The zero-order chi connectivity index (χ0) is 17.8. The third kappa shape index (κ3) is 3.93. The molecular formula is C18H23N3O3S. The van der Waals surface area contributed by atoms with Crippen LogP contribution in [0, 0.1) is 10.7 Å². The van der Waals surface area contributed by atoms with Gasteiger partial charge in [-0.15, -0.1) is 0 Å². The molecule has 0 spiro atoms. The number of aromatic amines is 1. The van der Waals surface area contributed by atoms with E-state index in [0.29, 0.717) is 22.2 Å². The number of piperidine rings is 1. The summed E-state index contributed by atoms with van der Waals surface area (Å²) in [6, 6.07) is 7.16. The molecule has 0 unspecified atom stereocenters. The highest BCUT2D eigenvalue weighted by Crippen LogP contribution is 2.33. The normalized spacial score (nSPS) is 15.1. The third-order valence-electron chi connectivity index (χ3n) is 4.62. The third-order valence-corrected chi connectivity index (χ3v) is 4.94. The van der Waals surface area contributed by atoms with Gasteiger partial charge in [0.1, 0.15) is 11.5 Å². The van der Waals surface area contributed by atoms with Gasteiger partial charge >= 0.3 is 0 Å². The second kappa shape index (κ2) is 7.84. The number of hydrogen-bond donors (Lipinski definition) is 2. The van der Waals surface area contributed by atoms with E-state index in [0.717, 1.165) is 43.7 Å². The first-order chi connectivity index (χ1) is 12.1. The molecule has 6 nitrogen and oxygen atoms in total. The molecule has 1 aliphatic rings. The fourth-order valence-corrected chi connectivity index (χ4v) is 3.53. The summed E-state index contributed by atoms with van der Waals surface area (Å²) >= 11 is 5.45. The second-order valence-corrected chi connectivity index (χ2v) is 6.58. The van der Waals surface area contributed by atoms with Crippen LogP contribution < -0.4 is 20.3 Å². The number of methoxy groups -OCH3 is 2. The number of nitrogens with zero attached hydrogens (tertiary/aromatic N) is 1. The molecule has 0 radical (unpaired) electrons. The van der Waals surface area contributed by atoms with Crippen LogP contribution >= 0.6 is 12.2 Å². The molecule has 0 saturated carbocycles. The summed E-state index contributed by atoms with van der Waals surface area (Å²) in [4.78, 5) is 14.8. The number of ether oxygens (including phenoxy) is 2. The number of H-pyrrole nitrogens is 1. The highest BCUT2D eigenvalue weighted by Gasteiger charge is 2.18. The lowest BCUT2D eigenvalue weighted by Crippen LogP contribution is -2.30. The zero-order valence-electron chi connectivity index (χ0n) is 14.5. The van der Waals surface area contributed by atoms with Crippen LogP contribution in [0.15, 0.2) is 29.1 Å². The smallest absolute Gasteiger partial charge is 0.252 e. The Hall–Kier alpha value is -2.12. The van der Waals surface area contributed by atoms with Crippen molar-refractivity contribution in [3.05, 3.63) is 39.4 Å². The van der Waals surface area contributed by atoms with E-state index >= 15 is 0 Å². The van der Waals surface area contributed by atoms with Gasteiger partial charge < -0.3 is 19.4 Å². The van der Waals surface area contributed by atoms with Crippen molar-refractivity contribution in [3.8, 4) is 22.8 Å². The summed E-state index contributed by atoms with van der Waals surface area (Å²) < 4.78 is 13.2. The quantitative estimate of drug-likeness (QED) is 0.801. The van der Waals surface area contributed by atoms with Crippen LogP contribution in [0.5, 0.6) is 11.5 Å². The monoisotopic (exact) mass is 361 g/mol. The van der Waals surface area contributed by atoms with Gasteiger partial charge in [-0.3, -0.25) is 9.78 Å². The van der Waals surface area contributed by atoms with Gasteiger partial charge in [-0.1, -0.05) is 0 Å². The van der Waals surface area contributed by atoms with Crippen molar-refractivity contribution in [2.45, 2.75) is 19.4 Å². The van der Waals surface area contributed by atoms with Crippen molar-refractivity contribution in [3.63, 3.8) is 0 Å². The molecule has 3 rings (SSSR count). The first-order valence-electron chi connectivity index (χ1n) is 8.39. The maximum Gasteiger partial charge on any atom is 0.252 e. The molecule has 0 amide bonds. The first-order valence-corrected chi connectivity index (χ1v) is 8.80. The average Bonchev–Trinajstić information content (AvgIpc) is 2.64. The van der Waals surface area contributed by atoms with Crippen LogP contribution in [0.4, 0.5) is 0 Å². The lowest BCUT2D eigenvalue weighted by Gasteiger charge is -2.25. The molecule has 25 heavy (non-hydrogen) atoms. The Morgan fingerprint density at radius 3 is 2.64 bits per heavy atom. The summed E-state index contributed by atoms with van der Waals surface area (Å²) in [5.41, 5.74) is 1.39. The van der Waals surface area contributed by atoms with Gasteiger partial charge in [0, 0.05) is 24.2 Å². The van der Waals surface area contributed by atoms with Crippen LogP contribution in [0.2, 0.25) is 0 Å². The highest BCUT2D eigenvalue weighted by molar-refractivity contribution is 7.71. The van der Waals surface area contributed by atoms with E-state index in [1.807, 2.05) is 22.8 Å². The molecule has 1 aliphatic heterocycles. The molecular weight excluding hydrogens is 338 g/mol. The van der Waals surface area contributed by atoms with Crippen LogP contribution in [0.3, 0.4) is 0 Å². The van der Waals surface area contributed by atoms with Crippen molar-refractivity contribution < 1.29 is 9.47 Å². The van der Waals surface area contributed by atoms with Gasteiger partial charge in [-0.2, -0.15) is 0 Å². The predicted molar refractivity (Wildman–Crippen MR) is 100 cm³/mol. The summed E-state index contributed by atoms with van der Waals surface area (Å²) in [5, 5.41) is 3.37. The molecule has 2 heterocycles. The number of rotatable bonds is 5. The summed E-state index contributed by atoms with van der Waals surface area (Å²) in [6.45, 7) is 2.81. The summed E-state index contributed by atoms with van der Waals surface area (Å²) in [6.07, 6.45) is 2.19.